The molecular weight excluding hydrogens is 1260 g/mol. The molecule has 17 rings (SSSR count). The Hall–Kier alpha value is -13.2. The van der Waals surface area contributed by atoms with E-state index in [-0.39, 0.29) is 52.7 Å². The molecule has 13 N–H and O–H groups in total. The lowest BCUT2D eigenvalue weighted by Crippen LogP contribution is -2.16. The maximum atomic E-state index is 16.8. The summed E-state index contributed by atoms with van der Waals surface area (Å²) in [4.78, 5) is 48.8. The molecule has 0 aliphatic carbocycles. The van der Waals surface area contributed by atoms with Gasteiger partial charge in [0.2, 0.25) is 5.88 Å². The van der Waals surface area contributed by atoms with Gasteiger partial charge in [-0.05, 0) is 120 Å². The van der Waals surface area contributed by atoms with E-state index in [2.05, 4.69) is 54.8 Å². The summed E-state index contributed by atoms with van der Waals surface area (Å²) in [5.74, 6) is 1.46. The number of benzene rings is 4. The van der Waals surface area contributed by atoms with Crippen molar-refractivity contribution in [2.45, 2.75) is 66.0 Å². The second kappa shape index (κ2) is 22.2. The van der Waals surface area contributed by atoms with E-state index < -0.39 is 23.9 Å². The number of anilines is 4. The third-order valence-electron chi connectivity index (χ3n) is 17.6. The van der Waals surface area contributed by atoms with Gasteiger partial charge in [-0.25, -0.2) is 57.7 Å². The number of nitrogen functional groups attached to an aromatic ring is 4. The number of ether oxygens (including phenoxy) is 3. The molecule has 0 saturated heterocycles. The van der Waals surface area contributed by atoms with Gasteiger partial charge in [-0.15, -0.1) is 0 Å². The Labute approximate surface area is 550 Å². The van der Waals surface area contributed by atoms with Crippen LogP contribution in [-0.2, 0) is 13.1 Å². The van der Waals surface area contributed by atoms with E-state index >= 15 is 8.78 Å². The van der Waals surface area contributed by atoms with Crippen LogP contribution in [0.3, 0.4) is 0 Å². The number of pyridine rings is 1. The predicted molar refractivity (Wildman–Crippen MR) is 365 cm³/mol. The number of hydrogen-bond donors (Lipinski definition) is 9. The smallest absolute Gasteiger partial charge is 0.237 e. The van der Waals surface area contributed by atoms with Crippen molar-refractivity contribution in [3.8, 4) is 74.4 Å². The van der Waals surface area contributed by atoms with Crippen molar-refractivity contribution in [2.24, 2.45) is 0 Å². The third-order valence-corrected chi connectivity index (χ3v) is 17.6. The van der Waals surface area contributed by atoms with Gasteiger partial charge in [-0.1, -0.05) is 0 Å². The van der Waals surface area contributed by atoms with E-state index in [1.54, 1.807) is 69.6 Å². The van der Waals surface area contributed by atoms with Crippen LogP contribution in [-0.4, -0.2) is 115 Å². The van der Waals surface area contributed by atoms with E-state index in [1.165, 1.54) is 29.7 Å². The molecule has 13 aromatic heterocycles. The number of nitrogens with one attached hydrogen (secondary N) is 4. The molecule has 17 aromatic rings. The van der Waals surface area contributed by atoms with Crippen molar-refractivity contribution in [3.05, 3.63) is 140 Å². The summed E-state index contributed by atoms with van der Waals surface area (Å²) in [5, 5.41) is 34.5. The van der Waals surface area contributed by atoms with Gasteiger partial charge in [0.25, 0.3) is 0 Å². The number of halogens is 2. The molecule has 0 radical (unpaired) electrons. The summed E-state index contributed by atoms with van der Waals surface area (Å²) in [6, 6.07) is 25.6. The number of H-pyrrole nitrogens is 4. The number of hydrogen-bond acceptors (Lipinski definition) is 20. The molecule has 4 aromatic carbocycles. The molecule has 0 amide bonds. The molecule has 0 fully saturated rings. The van der Waals surface area contributed by atoms with Crippen molar-refractivity contribution < 1.29 is 28.1 Å². The lowest BCUT2D eigenvalue weighted by Gasteiger charge is -2.16. The topological polar surface area (TPSA) is 394 Å². The first-order valence-corrected chi connectivity index (χ1v) is 31.1. The van der Waals surface area contributed by atoms with Crippen LogP contribution < -0.4 is 37.1 Å². The Bertz CT molecular complexity index is 6080. The van der Waals surface area contributed by atoms with Crippen LogP contribution in [0.5, 0.6) is 28.9 Å². The van der Waals surface area contributed by atoms with E-state index in [0.717, 1.165) is 27.6 Å². The largest absolute Gasteiger partial charge is 0.508 e. The zero-order chi connectivity index (χ0) is 67.1. The van der Waals surface area contributed by atoms with Crippen molar-refractivity contribution >= 4 is 111 Å². The van der Waals surface area contributed by atoms with Gasteiger partial charge in [0.1, 0.15) is 89.0 Å². The fraction of sp³-hybridized carbons (Fsp3) is 0.164. The minimum Gasteiger partial charge on any atom is -0.508 e. The number of rotatable bonds is 17. The van der Waals surface area contributed by atoms with E-state index in [4.69, 9.17) is 62.5 Å². The highest BCUT2D eigenvalue weighted by Gasteiger charge is 2.28. The highest BCUT2D eigenvalue weighted by atomic mass is 19.1. The van der Waals surface area contributed by atoms with Crippen LogP contribution in [0, 0.1) is 18.6 Å². The molecule has 0 saturated carbocycles. The van der Waals surface area contributed by atoms with Gasteiger partial charge in [0.05, 0.1) is 68.6 Å². The van der Waals surface area contributed by atoms with Gasteiger partial charge < -0.3 is 66.8 Å². The number of imidazole rings is 1. The van der Waals surface area contributed by atoms with E-state index in [9.17, 15) is 5.11 Å². The van der Waals surface area contributed by atoms with Gasteiger partial charge in [0, 0.05) is 68.5 Å². The first-order chi connectivity index (χ1) is 47.4. The maximum absolute atomic E-state index is 16.8. The number of aromatic amines is 4. The van der Waals surface area contributed by atoms with Gasteiger partial charge in [0.15, 0.2) is 46.3 Å². The van der Waals surface area contributed by atoms with Crippen LogP contribution in [0.2, 0.25) is 0 Å². The Morgan fingerprint density at radius 2 is 1.11 bits per heavy atom. The predicted octanol–water partition coefficient (Wildman–Crippen LogP) is 11.6. The first kappa shape index (κ1) is 58.6. The van der Waals surface area contributed by atoms with Crippen LogP contribution in [0.15, 0.2) is 122 Å². The third kappa shape index (κ3) is 9.63. The Balaban J connectivity index is 0.590. The summed E-state index contributed by atoms with van der Waals surface area (Å²) < 4.78 is 60.6. The monoisotopic (exact) mass is 1310 g/mol. The van der Waals surface area contributed by atoms with Crippen molar-refractivity contribution in [2.75, 3.05) is 29.5 Å². The number of nitrogens with two attached hydrogens (primary N) is 4. The summed E-state index contributed by atoms with van der Waals surface area (Å²) in [6.07, 6.45) is 6.62. The zero-order valence-electron chi connectivity index (χ0n) is 52.7. The Morgan fingerprint density at radius 1 is 0.541 bits per heavy atom. The summed E-state index contributed by atoms with van der Waals surface area (Å²) in [6.45, 7) is 10.4. The van der Waals surface area contributed by atoms with Crippen LogP contribution in [0.1, 0.15) is 51.8 Å². The highest BCUT2D eigenvalue weighted by Crippen LogP contribution is 2.41. The molecule has 0 aliphatic rings. The first-order valence-electron chi connectivity index (χ1n) is 31.1. The average molecular weight is 1310 g/mol. The number of phenols is 1. The second-order valence-electron chi connectivity index (χ2n) is 24.3. The minimum atomic E-state index is -0.945. The number of fused-ring (bicyclic) bond motifs is 8. The molecule has 488 valence electrons. The van der Waals surface area contributed by atoms with Crippen LogP contribution in [0.4, 0.5) is 32.1 Å². The maximum Gasteiger partial charge on any atom is 0.237 e. The molecule has 98 heavy (non-hydrogen) atoms. The summed E-state index contributed by atoms with van der Waals surface area (Å²) >= 11 is 0. The van der Waals surface area contributed by atoms with E-state index in [1.807, 2.05) is 80.9 Å². The second-order valence-corrected chi connectivity index (χ2v) is 24.3. The number of aromatic hydroxyl groups is 1. The lowest BCUT2D eigenvalue weighted by molar-refractivity contribution is 0.136. The molecule has 0 spiro atoms. The average Bonchev–Trinajstić information content (AvgIpc) is 1.62. The molecule has 0 bridgehead atoms. The van der Waals surface area contributed by atoms with Crippen molar-refractivity contribution in [1.82, 2.24) is 103 Å². The van der Waals surface area contributed by atoms with Crippen LogP contribution in [0.25, 0.3) is 133 Å². The molecule has 2 unspecified atom stereocenters. The highest BCUT2D eigenvalue weighted by molar-refractivity contribution is 6.04. The standard InChI is InChI=1S/C67H57F2N25O4/c1-29(2)92-66-54(63(72)76-27-79-66)59(87-92)46-20-35-21-50(39(68)23-43(35)85-46)97-32(5)94-67-55(64(73)77-28-80-67)60(89-94)47-22-38-42(84-47)10-11-49(56(38)69)96-25-30(3)93-48-12-13-74-61(70)52(48)57(88-93)44-19-34-17-37(7-9-41(34)83-44)98-51-24-90(31(4)81-51)14-15-91-65-53(62(71)75-26-78-65)58(86-91)45-18-33-16-36(95)6-8-40(33)82-45/h6-13,16-24,26-30,32,82-85,95H,14-15,25H2,1-5H3,(H2,70,74)(H2,71,75,78)(H2,72,76,79)(H2,73,77,80). The molecular formula is C67H57F2N25O4. The molecule has 0 aliphatic heterocycles. The van der Waals surface area contributed by atoms with Crippen molar-refractivity contribution in [1.29, 1.82) is 0 Å². The Morgan fingerprint density at radius 3 is 1.83 bits per heavy atom. The molecule has 29 nitrogen and oxygen atoms in total. The van der Waals surface area contributed by atoms with E-state index in [0.29, 0.717) is 137 Å². The number of nitrogens with zero attached hydrogens (tertiary/aromatic N) is 17. The summed E-state index contributed by atoms with van der Waals surface area (Å²) in [5.41, 5.74) is 35.0. The molecule has 2 atom stereocenters. The summed E-state index contributed by atoms with van der Waals surface area (Å²) in [7, 11) is 0. The SMILES string of the molecule is Cc1nc(Oc2ccc3[nH]c(-c4nn(C(C)COc5ccc6[nH]c(-c7nn(C(C)Oc8cc9cc(-c%10nn(C(C)C)c%11ncnc(N)c%10%11)[nH]c9cc8F)c8ncnc(N)c78)cc6c5F)c5ccnc(N)c45)cc3c2)cn1CCn1nc(-c2cc3cc(O)ccc3[nH]2)c2c(N)ncnc21. The molecule has 31 heteroatoms. The fourth-order valence-electron chi connectivity index (χ4n) is 12.9. The van der Waals surface area contributed by atoms with Gasteiger partial charge in [-0.2, -0.15) is 25.4 Å². The van der Waals surface area contributed by atoms with Gasteiger partial charge >= 0.3 is 0 Å². The quantitative estimate of drug-likeness (QED) is 0.0409. The van der Waals surface area contributed by atoms with Gasteiger partial charge in [-0.3, -0.25) is 4.68 Å². The van der Waals surface area contributed by atoms with Crippen molar-refractivity contribution in [3.63, 3.8) is 0 Å². The number of aromatic nitrogens is 21. The number of aryl methyl sites for hydroxylation is 3. The zero-order valence-corrected chi connectivity index (χ0v) is 52.7. The lowest BCUT2D eigenvalue weighted by atomic mass is 10.2. The normalized spacial score (nSPS) is 12.8. The fourth-order valence-corrected chi connectivity index (χ4v) is 12.9. The number of phenolic OH excluding ortho intramolecular Hbond substituents is 1. The Kier molecular flexibility index (Phi) is 13.3. The van der Waals surface area contributed by atoms with Crippen LogP contribution >= 0.6 is 0 Å². The molecule has 13 heterocycles. The minimum absolute atomic E-state index is 0.00126.